The molecular weight excluding hydrogens is 396 g/mol. The minimum absolute atomic E-state index is 0.0416. The Labute approximate surface area is 192 Å². The molecule has 0 aliphatic rings. The molecule has 3 unspecified atom stereocenters. The molecule has 30 heavy (non-hydrogen) atoms. The number of unbranched alkanes of at least 4 members (excludes halogenated alkanes) is 10. The van der Waals surface area contributed by atoms with Crippen LogP contribution in [0.2, 0.25) is 0 Å². The van der Waals surface area contributed by atoms with Crippen LogP contribution >= 0.6 is 11.6 Å². The van der Waals surface area contributed by atoms with Crippen LogP contribution in [0.4, 0.5) is 0 Å². The van der Waals surface area contributed by atoms with Gasteiger partial charge in [0.15, 0.2) is 0 Å². The minimum Gasteiger partial charge on any atom is -0.465 e. The Morgan fingerprint density at radius 1 is 0.767 bits per heavy atom. The Balaban J connectivity index is 3.55. The first-order valence-corrected chi connectivity index (χ1v) is 13.5. The maximum Gasteiger partial charge on any atom is 0.305 e. The summed E-state index contributed by atoms with van der Waals surface area (Å²) < 4.78 is 5.45. The van der Waals surface area contributed by atoms with E-state index in [2.05, 4.69) is 20.8 Å². The second-order valence-corrected chi connectivity index (χ2v) is 9.61. The van der Waals surface area contributed by atoms with Crippen LogP contribution in [0.15, 0.2) is 0 Å². The summed E-state index contributed by atoms with van der Waals surface area (Å²) >= 11 is 6.36. The van der Waals surface area contributed by atoms with Crippen molar-refractivity contribution in [3.05, 3.63) is 0 Å². The van der Waals surface area contributed by atoms with Gasteiger partial charge in [-0.1, -0.05) is 104 Å². The van der Waals surface area contributed by atoms with E-state index in [9.17, 15) is 9.90 Å². The Hall–Kier alpha value is -0.280. The normalized spacial score (nSPS) is 14.4. The van der Waals surface area contributed by atoms with Crippen LogP contribution in [0.3, 0.4) is 0 Å². The number of ether oxygens (including phenoxy) is 1. The van der Waals surface area contributed by atoms with Crippen LogP contribution in [-0.4, -0.2) is 29.2 Å². The molecule has 0 fully saturated rings. The van der Waals surface area contributed by atoms with Crippen molar-refractivity contribution >= 4 is 17.6 Å². The molecule has 1 N–H and O–H groups in total. The lowest BCUT2D eigenvalue weighted by atomic mass is 10.0. The fourth-order valence-electron chi connectivity index (χ4n) is 3.83. The number of carbonyl (C=O) groups excluding carboxylic acids is 1. The molecule has 0 radical (unpaired) electrons. The van der Waals surface area contributed by atoms with Gasteiger partial charge in [-0.2, -0.15) is 0 Å². The van der Waals surface area contributed by atoms with E-state index in [-0.39, 0.29) is 17.5 Å². The van der Waals surface area contributed by atoms with Crippen molar-refractivity contribution in [2.24, 2.45) is 5.92 Å². The van der Waals surface area contributed by atoms with Gasteiger partial charge in [-0.25, -0.2) is 0 Å². The summed E-state index contributed by atoms with van der Waals surface area (Å²) in [6, 6.07) is 0. The van der Waals surface area contributed by atoms with E-state index < -0.39 is 0 Å². The van der Waals surface area contributed by atoms with Crippen LogP contribution in [-0.2, 0) is 9.53 Å². The SMILES string of the molecule is CCCCCCCCC(Cl)C(O)CCCCCCCC(=O)OCC(CC)CCCC. The predicted octanol–water partition coefficient (Wildman–Crippen LogP) is 8.20. The maximum atomic E-state index is 11.9. The molecular formula is C26H51ClO3. The smallest absolute Gasteiger partial charge is 0.305 e. The van der Waals surface area contributed by atoms with Gasteiger partial charge in [0.05, 0.1) is 18.1 Å². The van der Waals surface area contributed by atoms with E-state index in [1.54, 1.807) is 0 Å². The molecule has 4 heteroatoms. The average Bonchev–Trinajstić information content (AvgIpc) is 2.75. The average molecular weight is 447 g/mol. The molecule has 0 heterocycles. The summed E-state index contributed by atoms with van der Waals surface area (Å²) in [5, 5.41) is 10.1. The second kappa shape index (κ2) is 21.9. The lowest BCUT2D eigenvalue weighted by Gasteiger charge is -2.16. The fourth-order valence-corrected chi connectivity index (χ4v) is 4.11. The molecule has 0 saturated carbocycles. The van der Waals surface area contributed by atoms with Gasteiger partial charge in [-0.05, 0) is 31.6 Å². The van der Waals surface area contributed by atoms with Crippen LogP contribution in [0.1, 0.15) is 136 Å². The van der Waals surface area contributed by atoms with Gasteiger partial charge >= 0.3 is 5.97 Å². The Kier molecular flexibility index (Phi) is 21.7. The first kappa shape index (κ1) is 29.7. The van der Waals surface area contributed by atoms with Crippen molar-refractivity contribution < 1.29 is 14.6 Å². The number of alkyl halides is 1. The maximum absolute atomic E-state index is 11.9. The second-order valence-electron chi connectivity index (χ2n) is 9.05. The van der Waals surface area contributed by atoms with Crippen LogP contribution < -0.4 is 0 Å². The topological polar surface area (TPSA) is 46.5 Å². The van der Waals surface area contributed by atoms with Gasteiger partial charge in [0, 0.05) is 6.42 Å². The van der Waals surface area contributed by atoms with Gasteiger partial charge in [-0.15, -0.1) is 11.6 Å². The van der Waals surface area contributed by atoms with Crippen LogP contribution in [0, 0.1) is 5.92 Å². The quantitative estimate of drug-likeness (QED) is 0.103. The highest BCUT2D eigenvalue weighted by Gasteiger charge is 2.15. The van der Waals surface area contributed by atoms with E-state index in [0.717, 1.165) is 64.2 Å². The summed E-state index contributed by atoms with van der Waals surface area (Å²) in [6.07, 6.45) is 19.3. The number of aliphatic hydroxyl groups is 1. The largest absolute Gasteiger partial charge is 0.465 e. The van der Waals surface area contributed by atoms with Crippen molar-refractivity contribution in [3.8, 4) is 0 Å². The molecule has 0 saturated heterocycles. The number of halogens is 1. The molecule has 0 aromatic heterocycles. The third kappa shape index (κ3) is 18.5. The van der Waals surface area contributed by atoms with Crippen molar-refractivity contribution in [3.63, 3.8) is 0 Å². The first-order chi connectivity index (χ1) is 14.5. The number of hydrogen-bond acceptors (Lipinski definition) is 3. The predicted molar refractivity (Wildman–Crippen MR) is 130 cm³/mol. The highest BCUT2D eigenvalue weighted by molar-refractivity contribution is 6.21. The molecule has 0 aliphatic carbocycles. The van der Waals surface area contributed by atoms with Crippen LogP contribution in [0.5, 0.6) is 0 Å². The Morgan fingerprint density at radius 3 is 1.97 bits per heavy atom. The van der Waals surface area contributed by atoms with E-state index in [1.807, 2.05) is 0 Å². The van der Waals surface area contributed by atoms with E-state index >= 15 is 0 Å². The molecule has 180 valence electrons. The summed E-state index contributed by atoms with van der Waals surface area (Å²) in [5.41, 5.74) is 0. The van der Waals surface area contributed by atoms with Crippen LogP contribution in [0.25, 0.3) is 0 Å². The lowest BCUT2D eigenvalue weighted by Crippen LogP contribution is -2.20. The Bertz CT molecular complexity index is 375. The van der Waals surface area contributed by atoms with Gasteiger partial charge in [0.1, 0.15) is 0 Å². The van der Waals surface area contributed by atoms with E-state index in [1.165, 1.54) is 44.9 Å². The summed E-state index contributed by atoms with van der Waals surface area (Å²) in [6.45, 7) is 7.19. The zero-order valence-electron chi connectivity index (χ0n) is 20.3. The number of aliphatic hydroxyl groups excluding tert-OH is 1. The first-order valence-electron chi connectivity index (χ1n) is 13.0. The third-order valence-corrected chi connectivity index (χ3v) is 6.66. The number of carbonyl (C=O) groups is 1. The minimum atomic E-state index is -0.378. The molecule has 0 aliphatic heterocycles. The lowest BCUT2D eigenvalue weighted by molar-refractivity contribution is -0.145. The van der Waals surface area contributed by atoms with Crippen molar-refractivity contribution in [2.75, 3.05) is 6.61 Å². The van der Waals surface area contributed by atoms with Gasteiger partial charge in [-0.3, -0.25) is 4.79 Å². The number of esters is 1. The monoisotopic (exact) mass is 446 g/mol. The zero-order chi connectivity index (χ0) is 22.5. The van der Waals surface area contributed by atoms with Crippen molar-refractivity contribution in [2.45, 2.75) is 148 Å². The standard InChI is InChI=1S/C26H51ClO3/c1-4-7-9-10-12-15-19-24(27)25(28)20-16-13-11-14-17-21-26(29)30-22-23(6-3)18-8-5-2/h23-25,28H,4-22H2,1-3H3. The molecule has 0 aromatic carbocycles. The van der Waals surface area contributed by atoms with Crippen molar-refractivity contribution in [1.82, 2.24) is 0 Å². The zero-order valence-corrected chi connectivity index (χ0v) is 21.1. The fraction of sp³-hybridized carbons (Fsp3) is 0.962. The molecule has 0 rings (SSSR count). The molecule has 0 aromatic rings. The molecule has 0 bridgehead atoms. The molecule has 3 atom stereocenters. The number of hydrogen-bond donors (Lipinski definition) is 1. The third-order valence-electron chi connectivity index (χ3n) is 6.16. The van der Waals surface area contributed by atoms with Gasteiger partial charge in [0.2, 0.25) is 0 Å². The number of rotatable bonds is 22. The molecule has 0 spiro atoms. The highest BCUT2D eigenvalue weighted by Crippen LogP contribution is 2.19. The molecule has 0 amide bonds. The van der Waals surface area contributed by atoms with Gasteiger partial charge in [0.25, 0.3) is 0 Å². The van der Waals surface area contributed by atoms with Crippen molar-refractivity contribution in [1.29, 1.82) is 0 Å². The van der Waals surface area contributed by atoms with E-state index in [0.29, 0.717) is 18.9 Å². The highest BCUT2D eigenvalue weighted by atomic mass is 35.5. The summed E-state index contributed by atoms with van der Waals surface area (Å²) in [4.78, 5) is 11.9. The molecule has 3 nitrogen and oxygen atoms in total. The summed E-state index contributed by atoms with van der Waals surface area (Å²) in [5.74, 6) is 0.479. The Morgan fingerprint density at radius 2 is 1.33 bits per heavy atom. The van der Waals surface area contributed by atoms with E-state index in [4.69, 9.17) is 16.3 Å². The van der Waals surface area contributed by atoms with Gasteiger partial charge < -0.3 is 9.84 Å². The summed E-state index contributed by atoms with van der Waals surface area (Å²) in [7, 11) is 0.